The van der Waals surface area contributed by atoms with Crippen LogP contribution in [0.5, 0.6) is 0 Å². The Hall–Kier alpha value is -1.05. The van der Waals surface area contributed by atoms with E-state index in [0.29, 0.717) is 17.3 Å². The van der Waals surface area contributed by atoms with E-state index in [0.717, 1.165) is 54.8 Å². The standard InChI is InChI=1S/C49H86O2/c1-7-8-9-10-11-12-13-14-15-16-17-18-19-20-21-22-23-24-25-29-47(50)51-42-34-36-48(5)41(38-42)30-31-43-45-33-32-44(40(4)28-26-27-39(2)3)49(45,6)37-35-46(43)48/h14-15,30,39-40,42-46H,7-13,16-29,31-38H2,1-6H3/t40-,42?,43+,44-,45+,46+,48+,49-/m1/s1. The van der Waals surface area contributed by atoms with Gasteiger partial charge >= 0.3 is 5.97 Å². The molecule has 0 saturated heterocycles. The maximum Gasteiger partial charge on any atom is 0.306 e. The van der Waals surface area contributed by atoms with E-state index in [1.165, 1.54) is 161 Å². The number of fused-ring (bicyclic) bond motifs is 5. The number of carbonyl (C=O) groups is 1. The number of allylic oxidation sites excluding steroid dienone is 3. The second-order valence-electron chi connectivity index (χ2n) is 19.4. The van der Waals surface area contributed by atoms with Crippen LogP contribution in [0.2, 0.25) is 0 Å². The predicted molar refractivity (Wildman–Crippen MR) is 221 cm³/mol. The van der Waals surface area contributed by atoms with Crippen LogP contribution in [-0.2, 0) is 9.53 Å². The lowest BCUT2D eigenvalue weighted by Gasteiger charge is -2.58. The summed E-state index contributed by atoms with van der Waals surface area (Å²) < 4.78 is 6.15. The van der Waals surface area contributed by atoms with E-state index in [1.54, 1.807) is 5.57 Å². The minimum Gasteiger partial charge on any atom is -0.462 e. The molecule has 3 saturated carbocycles. The van der Waals surface area contributed by atoms with Crippen LogP contribution in [0.15, 0.2) is 23.8 Å². The van der Waals surface area contributed by atoms with Gasteiger partial charge in [0.05, 0.1) is 0 Å². The van der Waals surface area contributed by atoms with Crippen molar-refractivity contribution in [3.63, 3.8) is 0 Å². The Morgan fingerprint density at radius 2 is 1.37 bits per heavy atom. The van der Waals surface area contributed by atoms with Gasteiger partial charge in [-0.05, 0) is 123 Å². The molecule has 0 N–H and O–H groups in total. The number of unbranched alkanes of at least 4 members (excludes halogenated alkanes) is 15. The summed E-state index contributed by atoms with van der Waals surface area (Å²) in [5, 5.41) is 0. The molecule has 0 aromatic carbocycles. The molecule has 0 aliphatic heterocycles. The average molecular weight is 707 g/mol. The van der Waals surface area contributed by atoms with Crippen LogP contribution in [0.1, 0.15) is 228 Å². The lowest BCUT2D eigenvalue weighted by atomic mass is 9.47. The molecule has 294 valence electrons. The molecule has 0 spiro atoms. The zero-order chi connectivity index (χ0) is 36.5. The molecule has 4 aliphatic rings. The van der Waals surface area contributed by atoms with E-state index >= 15 is 0 Å². The molecule has 0 heterocycles. The topological polar surface area (TPSA) is 26.3 Å². The van der Waals surface area contributed by atoms with Crippen LogP contribution < -0.4 is 0 Å². The van der Waals surface area contributed by atoms with Crippen LogP contribution in [0.3, 0.4) is 0 Å². The quantitative estimate of drug-likeness (QED) is 0.0537. The van der Waals surface area contributed by atoms with E-state index in [9.17, 15) is 4.79 Å². The summed E-state index contributed by atoms with van der Waals surface area (Å²) >= 11 is 0. The zero-order valence-corrected chi connectivity index (χ0v) is 35.1. The van der Waals surface area contributed by atoms with Crippen LogP contribution in [0, 0.1) is 46.3 Å². The Morgan fingerprint density at radius 3 is 2.02 bits per heavy atom. The Kier molecular flexibility index (Phi) is 18.7. The summed E-state index contributed by atoms with van der Waals surface area (Å²) in [6.07, 6.45) is 45.4. The Labute approximate surface area is 318 Å². The third kappa shape index (κ3) is 12.8. The summed E-state index contributed by atoms with van der Waals surface area (Å²) in [7, 11) is 0. The van der Waals surface area contributed by atoms with Crippen LogP contribution in [0.25, 0.3) is 0 Å². The van der Waals surface area contributed by atoms with Gasteiger partial charge in [0.2, 0.25) is 0 Å². The summed E-state index contributed by atoms with van der Waals surface area (Å²) in [6.45, 7) is 15.0. The maximum absolute atomic E-state index is 12.9. The van der Waals surface area contributed by atoms with Crippen LogP contribution in [0.4, 0.5) is 0 Å². The molecule has 0 amide bonds. The van der Waals surface area contributed by atoms with Crippen LogP contribution in [-0.4, -0.2) is 12.1 Å². The zero-order valence-electron chi connectivity index (χ0n) is 35.1. The Bertz CT molecular complexity index is 1040. The molecule has 0 bridgehead atoms. The fourth-order valence-electron chi connectivity index (χ4n) is 12.0. The third-order valence-corrected chi connectivity index (χ3v) is 15.2. The van der Waals surface area contributed by atoms with Gasteiger partial charge in [-0.3, -0.25) is 4.79 Å². The Morgan fingerprint density at radius 1 is 0.745 bits per heavy atom. The SMILES string of the molecule is CCCCCCCCC=CCCCCCCCCCCCC(=O)OC1CC[C@@]2(C)C(=CC[C@H]3[C@@H]4CC[C@H]([C@H](C)CCCC(C)C)[C@@]4(C)CC[C@@H]32)C1. The smallest absolute Gasteiger partial charge is 0.306 e. The lowest BCUT2D eigenvalue weighted by Crippen LogP contribution is -2.51. The number of hydrogen-bond donors (Lipinski definition) is 0. The minimum atomic E-state index is 0.0619. The Balaban J connectivity index is 1.04. The first-order valence-electron chi connectivity index (χ1n) is 23.2. The number of hydrogen-bond acceptors (Lipinski definition) is 2. The molecular weight excluding hydrogens is 621 g/mol. The lowest BCUT2D eigenvalue weighted by molar-refractivity contribution is -0.151. The summed E-state index contributed by atoms with van der Waals surface area (Å²) in [5.41, 5.74) is 2.53. The van der Waals surface area contributed by atoms with Gasteiger partial charge < -0.3 is 4.74 Å². The predicted octanol–water partition coefficient (Wildman–Crippen LogP) is 15.5. The summed E-state index contributed by atoms with van der Waals surface area (Å²) in [5.74, 6) is 5.32. The second-order valence-corrected chi connectivity index (χ2v) is 19.4. The molecular formula is C49H86O2. The van der Waals surface area contributed by atoms with Crippen molar-refractivity contribution >= 4 is 5.97 Å². The van der Waals surface area contributed by atoms with Crippen molar-refractivity contribution in [3.8, 4) is 0 Å². The van der Waals surface area contributed by atoms with Crippen LogP contribution >= 0.6 is 0 Å². The molecule has 51 heavy (non-hydrogen) atoms. The first-order valence-corrected chi connectivity index (χ1v) is 23.2. The second kappa shape index (κ2) is 22.4. The molecule has 3 fully saturated rings. The van der Waals surface area contributed by atoms with Gasteiger partial charge in [0, 0.05) is 12.8 Å². The molecule has 2 nitrogen and oxygen atoms in total. The van der Waals surface area contributed by atoms with Gasteiger partial charge in [-0.1, -0.05) is 162 Å². The fraction of sp³-hybridized carbons (Fsp3) is 0.898. The van der Waals surface area contributed by atoms with E-state index in [-0.39, 0.29) is 12.1 Å². The highest BCUT2D eigenvalue weighted by Gasteiger charge is 2.59. The van der Waals surface area contributed by atoms with E-state index in [4.69, 9.17) is 4.74 Å². The molecule has 0 aromatic rings. The fourth-order valence-corrected chi connectivity index (χ4v) is 12.0. The van der Waals surface area contributed by atoms with Gasteiger partial charge in [-0.25, -0.2) is 0 Å². The van der Waals surface area contributed by atoms with Gasteiger partial charge in [-0.15, -0.1) is 0 Å². The van der Waals surface area contributed by atoms with Gasteiger partial charge in [-0.2, -0.15) is 0 Å². The molecule has 2 heteroatoms. The van der Waals surface area contributed by atoms with Crippen molar-refractivity contribution < 1.29 is 9.53 Å². The number of ether oxygens (including phenoxy) is 1. The molecule has 1 unspecified atom stereocenters. The molecule has 4 aliphatic carbocycles. The molecule has 8 atom stereocenters. The molecule has 0 radical (unpaired) electrons. The average Bonchev–Trinajstić information content (AvgIpc) is 3.46. The van der Waals surface area contributed by atoms with Crippen molar-refractivity contribution in [1.29, 1.82) is 0 Å². The largest absolute Gasteiger partial charge is 0.462 e. The van der Waals surface area contributed by atoms with Crippen molar-refractivity contribution in [2.75, 3.05) is 0 Å². The van der Waals surface area contributed by atoms with E-state index < -0.39 is 0 Å². The highest BCUT2D eigenvalue weighted by molar-refractivity contribution is 5.69. The highest BCUT2D eigenvalue weighted by Crippen LogP contribution is 2.67. The third-order valence-electron chi connectivity index (χ3n) is 15.2. The monoisotopic (exact) mass is 707 g/mol. The van der Waals surface area contributed by atoms with E-state index in [2.05, 4.69) is 59.8 Å². The number of carbonyl (C=O) groups excluding carboxylic acids is 1. The van der Waals surface area contributed by atoms with E-state index in [1.807, 2.05) is 0 Å². The van der Waals surface area contributed by atoms with Crippen molar-refractivity contribution in [2.24, 2.45) is 46.3 Å². The molecule has 4 rings (SSSR count). The van der Waals surface area contributed by atoms with Gasteiger partial charge in [0.1, 0.15) is 6.10 Å². The summed E-state index contributed by atoms with van der Waals surface area (Å²) in [4.78, 5) is 12.9. The maximum atomic E-state index is 12.9. The van der Waals surface area contributed by atoms with Gasteiger partial charge in [0.25, 0.3) is 0 Å². The highest BCUT2D eigenvalue weighted by atomic mass is 16.5. The summed E-state index contributed by atoms with van der Waals surface area (Å²) in [6, 6.07) is 0. The number of rotatable bonds is 25. The van der Waals surface area contributed by atoms with Gasteiger partial charge in [0.15, 0.2) is 0 Å². The molecule has 0 aromatic heterocycles. The minimum absolute atomic E-state index is 0.0619. The van der Waals surface area contributed by atoms with Crippen molar-refractivity contribution in [2.45, 2.75) is 234 Å². The normalized spacial score (nSPS) is 31.0. The first-order chi connectivity index (χ1) is 24.7. The van der Waals surface area contributed by atoms with Crippen molar-refractivity contribution in [1.82, 2.24) is 0 Å². The number of esters is 1. The first kappa shape index (κ1) is 42.7. The van der Waals surface area contributed by atoms with Crippen molar-refractivity contribution in [3.05, 3.63) is 23.8 Å².